The number of hydrazine groups is 1. The van der Waals surface area contributed by atoms with Crippen molar-refractivity contribution >= 4 is 39.6 Å². The first-order chi connectivity index (χ1) is 18.0. The third kappa shape index (κ3) is 5.20. The quantitative estimate of drug-likeness (QED) is 0.534. The molecular weight excluding hydrogens is 508 g/mol. The minimum Gasteiger partial charge on any atom is -0.341 e. The van der Waals surface area contributed by atoms with Crippen LogP contribution in [0.2, 0.25) is 0 Å². The molecule has 1 aromatic rings. The van der Waals surface area contributed by atoms with E-state index in [1.165, 1.54) is 32.4 Å². The van der Waals surface area contributed by atoms with E-state index in [0.717, 1.165) is 4.31 Å². The molecule has 0 spiro atoms. The van der Waals surface area contributed by atoms with E-state index < -0.39 is 21.5 Å². The molecule has 1 N–H and O–H groups in total. The molecule has 3 heterocycles. The summed E-state index contributed by atoms with van der Waals surface area (Å²) < 4.78 is 25.9. The highest BCUT2D eigenvalue weighted by molar-refractivity contribution is 7.89. The van der Waals surface area contributed by atoms with Crippen molar-refractivity contribution in [3.8, 4) is 6.07 Å². The number of amides is 2. The van der Waals surface area contributed by atoms with Crippen LogP contribution in [0.1, 0.15) is 19.3 Å². The smallest absolute Gasteiger partial charge is 0.262 e. The average molecular weight is 541 g/mol. The van der Waals surface area contributed by atoms with E-state index in [2.05, 4.69) is 21.5 Å². The van der Waals surface area contributed by atoms with Gasteiger partial charge >= 0.3 is 0 Å². The van der Waals surface area contributed by atoms with Crippen molar-refractivity contribution in [1.29, 1.82) is 5.26 Å². The van der Waals surface area contributed by atoms with Crippen LogP contribution in [0.15, 0.2) is 50.9 Å². The molecule has 12 nitrogen and oxygen atoms in total. The number of hydrogen-bond acceptors (Lipinski definition) is 8. The van der Waals surface area contributed by atoms with Gasteiger partial charge in [0.15, 0.2) is 0 Å². The Balaban J connectivity index is 1.63. The van der Waals surface area contributed by atoms with Crippen molar-refractivity contribution in [3.05, 3.63) is 36.0 Å². The number of fused-ring (bicyclic) bond motifs is 1. The first-order valence-electron chi connectivity index (χ1n) is 12.2. The first kappa shape index (κ1) is 27.4. The van der Waals surface area contributed by atoms with Gasteiger partial charge in [-0.05, 0) is 57.3 Å². The topological polar surface area (TPSA) is 142 Å². The number of nitrogens with one attached hydrogen (secondary N) is 1. The maximum atomic E-state index is 12.9. The van der Waals surface area contributed by atoms with Crippen LogP contribution in [-0.2, 0) is 19.6 Å². The average Bonchev–Trinajstić information content (AvgIpc) is 3.24. The minimum absolute atomic E-state index is 0.0361. The van der Waals surface area contributed by atoms with Crippen molar-refractivity contribution in [3.63, 3.8) is 0 Å². The number of allylic oxidation sites excluding steroid dienone is 1. The maximum Gasteiger partial charge on any atom is 0.262 e. The van der Waals surface area contributed by atoms with Gasteiger partial charge in [-0.25, -0.2) is 22.7 Å². The molecule has 2 saturated heterocycles. The summed E-state index contributed by atoms with van der Waals surface area (Å²) in [6.45, 7) is 1.29. The molecule has 2 amide bonds. The van der Waals surface area contributed by atoms with Crippen molar-refractivity contribution in [2.45, 2.75) is 29.7 Å². The molecule has 0 saturated carbocycles. The van der Waals surface area contributed by atoms with Gasteiger partial charge in [0.25, 0.3) is 5.91 Å². The lowest BCUT2D eigenvalue weighted by atomic mass is 9.83. The predicted molar refractivity (Wildman–Crippen MR) is 142 cm³/mol. The Morgan fingerprint density at radius 1 is 1.21 bits per heavy atom. The summed E-state index contributed by atoms with van der Waals surface area (Å²) in [7, 11) is 3.03. The summed E-state index contributed by atoms with van der Waals surface area (Å²) in [5.74, 6) is -0.762. The number of carbonyl (C=O) groups excluding carboxylic acids is 2. The zero-order valence-corrected chi connectivity index (χ0v) is 22.8. The van der Waals surface area contributed by atoms with Crippen LogP contribution in [-0.4, -0.2) is 105 Å². The number of likely N-dealkylation sites (tertiary alicyclic amines) is 1. The van der Waals surface area contributed by atoms with Crippen molar-refractivity contribution in [2.75, 3.05) is 47.8 Å². The molecule has 0 aliphatic carbocycles. The normalized spacial score (nSPS) is 21.9. The molecule has 0 bridgehead atoms. The highest BCUT2D eigenvalue weighted by Gasteiger charge is 2.50. The van der Waals surface area contributed by atoms with Crippen LogP contribution < -0.4 is 5.43 Å². The van der Waals surface area contributed by atoms with Crippen LogP contribution in [0.25, 0.3) is 0 Å². The van der Waals surface area contributed by atoms with E-state index in [0.29, 0.717) is 49.7 Å². The monoisotopic (exact) mass is 540 g/mol. The lowest BCUT2D eigenvalue weighted by molar-refractivity contribution is -0.134. The molecule has 202 valence electrons. The van der Waals surface area contributed by atoms with Crippen molar-refractivity contribution in [2.24, 2.45) is 15.9 Å². The molecule has 2 fully saturated rings. The highest BCUT2D eigenvalue weighted by Crippen LogP contribution is 2.40. The van der Waals surface area contributed by atoms with Gasteiger partial charge in [0.05, 0.1) is 40.9 Å². The molecule has 0 radical (unpaired) electrons. The minimum atomic E-state index is -3.59. The van der Waals surface area contributed by atoms with Gasteiger partial charge in [0.2, 0.25) is 15.9 Å². The second kappa shape index (κ2) is 10.6. The molecular formula is C25H32N8O4S. The number of sulfonamides is 1. The molecule has 3 aliphatic heterocycles. The summed E-state index contributed by atoms with van der Waals surface area (Å²) in [6, 6.07) is 8.38. The molecule has 1 atom stereocenters. The number of nitrogens with zero attached hydrogens (tertiary/aromatic N) is 7. The molecule has 13 heteroatoms. The Morgan fingerprint density at radius 2 is 1.87 bits per heavy atom. The summed E-state index contributed by atoms with van der Waals surface area (Å²) >= 11 is 0. The number of aliphatic imine (C=N–C) groups is 2. The van der Waals surface area contributed by atoms with E-state index in [-0.39, 0.29) is 23.1 Å². The second-order valence-corrected chi connectivity index (χ2v) is 12.2. The maximum absolute atomic E-state index is 12.9. The number of rotatable bonds is 7. The molecule has 3 aliphatic rings. The third-order valence-corrected chi connectivity index (χ3v) is 8.82. The van der Waals surface area contributed by atoms with Crippen LogP contribution in [0.5, 0.6) is 0 Å². The van der Waals surface area contributed by atoms with E-state index in [9.17, 15) is 23.3 Å². The van der Waals surface area contributed by atoms with E-state index in [1.807, 2.05) is 28.9 Å². The Labute approximate surface area is 222 Å². The standard InChI is InChI=1S/C25H32N8O4S/c1-30(2)17-21(34)32-15-11-25(10-13-26,12-16-32)33-20-9-14-27-24(35)22(20)23(29-33)28-18-5-7-19(8-6-18)38(36,37)31(3)4/h5-9,14,22H,10-12,15-17H2,1-4H3,(H,28,29). The molecule has 38 heavy (non-hydrogen) atoms. The number of piperidine rings is 1. The number of hydrogen-bond donors (Lipinski definition) is 1. The Bertz CT molecular complexity index is 1330. The summed E-state index contributed by atoms with van der Waals surface area (Å²) in [4.78, 5) is 37.8. The summed E-state index contributed by atoms with van der Waals surface area (Å²) in [5, 5.41) is 11.6. The fourth-order valence-corrected chi connectivity index (χ4v) is 5.78. The fourth-order valence-electron chi connectivity index (χ4n) is 4.88. The van der Waals surface area contributed by atoms with Gasteiger partial charge in [0, 0.05) is 33.4 Å². The van der Waals surface area contributed by atoms with Gasteiger partial charge in [-0.1, -0.05) is 0 Å². The zero-order valence-electron chi connectivity index (χ0n) is 22.0. The molecule has 4 rings (SSSR count). The number of benzene rings is 1. The molecule has 1 unspecified atom stereocenters. The van der Waals surface area contributed by atoms with Crippen LogP contribution in [0.3, 0.4) is 0 Å². The van der Waals surface area contributed by atoms with Gasteiger partial charge in [-0.2, -0.15) is 5.26 Å². The largest absolute Gasteiger partial charge is 0.341 e. The number of carbonyl (C=O) groups is 2. The second-order valence-electron chi connectivity index (χ2n) is 10.0. The van der Waals surface area contributed by atoms with Gasteiger partial charge in [-0.15, -0.1) is 0 Å². The summed E-state index contributed by atoms with van der Waals surface area (Å²) in [6.07, 6.45) is 4.45. The Morgan fingerprint density at radius 3 is 2.45 bits per heavy atom. The zero-order chi connectivity index (χ0) is 27.7. The first-order valence-corrected chi connectivity index (χ1v) is 13.7. The number of nitriles is 1. The lowest BCUT2D eigenvalue weighted by Gasteiger charge is -2.47. The molecule has 0 aromatic heterocycles. The Hall–Kier alpha value is -3.60. The number of dihydropyridines is 1. The molecule has 1 aromatic carbocycles. The van der Waals surface area contributed by atoms with E-state index in [4.69, 9.17) is 0 Å². The van der Waals surface area contributed by atoms with Crippen molar-refractivity contribution < 1.29 is 18.0 Å². The Kier molecular flexibility index (Phi) is 7.68. The van der Waals surface area contributed by atoms with Gasteiger partial charge in [-0.3, -0.25) is 20.0 Å². The number of likely N-dealkylation sites (N-methyl/N-ethyl adjacent to an activating group) is 1. The third-order valence-electron chi connectivity index (χ3n) is 6.99. The fraction of sp³-hybridized carbons (Fsp3) is 0.480. The van der Waals surface area contributed by atoms with Gasteiger partial charge in [0.1, 0.15) is 11.8 Å². The van der Waals surface area contributed by atoms with E-state index >= 15 is 0 Å². The number of amidine groups is 1. The van der Waals surface area contributed by atoms with Crippen LogP contribution >= 0.6 is 0 Å². The van der Waals surface area contributed by atoms with Gasteiger partial charge < -0.3 is 9.80 Å². The van der Waals surface area contributed by atoms with E-state index in [1.54, 1.807) is 18.2 Å². The van der Waals surface area contributed by atoms with Crippen LogP contribution in [0.4, 0.5) is 5.69 Å². The highest BCUT2D eigenvalue weighted by atomic mass is 32.2. The predicted octanol–water partition coefficient (Wildman–Crippen LogP) is 0.735. The van der Waals surface area contributed by atoms with Crippen LogP contribution in [0, 0.1) is 17.2 Å². The van der Waals surface area contributed by atoms with Crippen molar-refractivity contribution in [1.82, 2.24) is 24.5 Å². The SMILES string of the molecule is CN(C)CC(=O)N1CCC(CC#N)(N2NC(=Nc3ccc(S(=O)(=O)N(C)C)cc3)C3C(=O)N=CC=C32)CC1. The lowest BCUT2D eigenvalue weighted by Crippen LogP contribution is -2.58. The summed E-state index contributed by atoms with van der Waals surface area (Å²) in [5.41, 5.74) is 3.74.